The van der Waals surface area contributed by atoms with E-state index >= 15 is 0 Å². The zero-order chi connectivity index (χ0) is 13.0. The molecule has 1 atom stereocenters. The minimum absolute atomic E-state index is 0.118. The van der Waals surface area contributed by atoms with E-state index < -0.39 is 0 Å². The monoisotopic (exact) mass is 253 g/mol. The van der Waals surface area contributed by atoms with E-state index in [9.17, 15) is 4.79 Å². The summed E-state index contributed by atoms with van der Waals surface area (Å²) in [5.41, 5.74) is 0. The number of nitrogens with one attached hydrogen (secondary N) is 2. The molecule has 18 heavy (non-hydrogen) atoms. The van der Waals surface area contributed by atoms with Crippen LogP contribution < -0.4 is 10.6 Å². The van der Waals surface area contributed by atoms with Crippen molar-refractivity contribution in [2.75, 3.05) is 31.5 Å². The second-order valence-corrected chi connectivity index (χ2v) is 4.38. The molecule has 1 aromatic heterocycles. The first-order valence-electron chi connectivity index (χ1n) is 6.23. The van der Waals surface area contributed by atoms with Gasteiger partial charge in [-0.3, -0.25) is 15.0 Å². The maximum Gasteiger partial charge on any atom is 0.322 e. The van der Waals surface area contributed by atoms with Gasteiger partial charge in [0.2, 0.25) is 11.8 Å². The van der Waals surface area contributed by atoms with Gasteiger partial charge in [-0.2, -0.15) is 0 Å². The first-order chi connectivity index (χ1) is 8.69. The van der Waals surface area contributed by atoms with Gasteiger partial charge in [-0.05, 0) is 19.5 Å². The van der Waals surface area contributed by atoms with Crippen LogP contribution in [0.4, 0.5) is 6.01 Å². The predicted molar refractivity (Wildman–Crippen MR) is 66.2 cm³/mol. The van der Waals surface area contributed by atoms with Gasteiger partial charge < -0.3 is 9.73 Å². The number of hydrogen-bond donors (Lipinski definition) is 2. The molecule has 1 unspecified atom stereocenters. The number of anilines is 1. The quantitative estimate of drug-likeness (QED) is 0.768. The van der Waals surface area contributed by atoms with Crippen LogP contribution in [0.3, 0.4) is 0 Å². The molecule has 1 saturated heterocycles. The molecule has 7 heteroatoms. The van der Waals surface area contributed by atoms with Crippen molar-refractivity contribution in [2.24, 2.45) is 0 Å². The van der Waals surface area contributed by atoms with Crippen molar-refractivity contribution in [1.82, 2.24) is 20.4 Å². The van der Waals surface area contributed by atoms with E-state index in [4.69, 9.17) is 4.42 Å². The van der Waals surface area contributed by atoms with Crippen molar-refractivity contribution >= 4 is 11.9 Å². The van der Waals surface area contributed by atoms with Crippen LogP contribution >= 0.6 is 0 Å². The number of likely N-dealkylation sites (N-methyl/N-ethyl adjacent to an activating group) is 1. The summed E-state index contributed by atoms with van der Waals surface area (Å²) in [6.07, 6.45) is 1.08. The fraction of sp³-hybridized carbons (Fsp3) is 0.727. The Morgan fingerprint density at radius 3 is 3.00 bits per heavy atom. The van der Waals surface area contributed by atoms with Gasteiger partial charge in [0.1, 0.15) is 0 Å². The van der Waals surface area contributed by atoms with Gasteiger partial charge >= 0.3 is 6.01 Å². The van der Waals surface area contributed by atoms with Gasteiger partial charge in [0, 0.05) is 19.5 Å². The minimum atomic E-state index is -0.118. The van der Waals surface area contributed by atoms with E-state index in [0.29, 0.717) is 18.5 Å². The highest BCUT2D eigenvalue weighted by molar-refractivity contribution is 5.90. The Kier molecular flexibility index (Phi) is 4.27. The molecular weight excluding hydrogens is 234 g/mol. The largest absolute Gasteiger partial charge is 0.408 e. The molecule has 0 spiro atoms. The molecule has 1 amide bonds. The smallest absolute Gasteiger partial charge is 0.322 e. The van der Waals surface area contributed by atoms with Crippen molar-refractivity contribution in [3.05, 3.63) is 5.89 Å². The molecule has 2 N–H and O–H groups in total. The molecule has 0 aliphatic carbocycles. The van der Waals surface area contributed by atoms with E-state index in [1.54, 1.807) is 6.92 Å². The number of aromatic nitrogens is 2. The number of rotatable bonds is 5. The number of nitrogens with zero attached hydrogens (tertiary/aromatic N) is 3. The molecule has 100 valence electrons. The van der Waals surface area contributed by atoms with Gasteiger partial charge in [-0.25, -0.2) is 0 Å². The molecule has 2 rings (SSSR count). The minimum Gasteiger partial charge on any atom is -0.408 e. The van der Waals surface area contributed by atoms with Gasteiger partial charge in [-0.1, -0.05) is 12.0 Å². The SMILES string of the molecule is CCN(CC(=O)Nc1nnc(C)o1)C1CCNC1. The maximum absolute atomic E-state index is 11.8. The van der Waals surface area contributed by atoms with Crippen LogP contribution in [0.25, 0.3) is 0 Å². The third-order valence-corrected chi connectivity index (χ3v) is 3.08. The lowest BCUT2D eigenvalue weighted by Crippen LogP contribution is -2.41. The molecule has 1 fully saturated rings. The van der Waals surface area contributed by atoms with Crippen molar-refractivity contribution in [1.29, 1.82) is 0 Å². The van der Waals surface area contributed by atoms with Gasteiger partial charge in [0.15, 0.2) is 0 Å². The van der Waals surface area contributed by atoms with E-state index in [2.05, 4.69) is 32.7 Å². The Bertz CT molecular complexity index is 400. The first-order valence-corrected chi connectivity index (χ1v) is 6.23. The lowest BCUT2D eigenvalue weighted by molar-refractivity contribution is -0.117. The number of carbonyl (C=O) groups is 1. The number of hydrogen-bond acceptors (Lipinski definition) is 6. The number of aryl methyl sites for hydroxylation is 1. The molecule has 0 saturated carbocycles. The van der Waals surface area contributed by atoms with Gasteiger partial charge in [-0.15, -0.1) is 5.10 Å². The zero-order valence-corrected chi connectivity index (χ0v) is 10.8. The van der Waals surface area contributed by atoms with E-state index in [-0.39, 0.29) is 11.9 Å². The summed E-state index contributed by atoms with van der Waals surface area (Å²) in [7, 11) is 0. The predicted octanol–water partition coefficient (Wildman–Crippen LogP) is 0.000320. The van der Waals surface area contributed by atoms with E-state index in [1.165, 1.54) is 0 Å². The summed E-state index contributed by atoms with van der Waals surface area (Å²) >= 11 is 0. The van der Waals surface area contributed by atoms with Crippen LogP contribution in [0, 0.1) is 6.92 Å². The van der Waals surface area contributed by atoms with Crippen LogP contribution in [0.2, 0.25) is 0 Å². The fourth-order valence-electron chi connectivity index (χ4n) is 2.14. The van der Waals surface area contributed by atoms with Crippen molar-refractivity contribution in [3.8, 4) is 0 Å². The molecule has 2 heterocycles. The van der Waals surface area contributed by atoms with Crippen LogP contribution in [-0.4, -0.2) is 53.2 Å². The lowest BCUT2D eigenvalue weighted by atomic mass is 10.2. The average Bonchev–Trinajstić information content (AvgIpc) is 2.98. The molecule has 1 aromatic rings. The Labute approximate surface area is 106 Å². The van der Waals surface area contributed by atoms with Crippen molar-refractivity contribution in [3.63, 3.8) is 0 Å². The highest BCUT2D eigenvalue weighted by atomic mass is 16.4. The standard InChI is InChI=1S/C11H19N5O2/c1-3-16(9-4-5-12-6-9)7-10(17)13-11-15-14-8(2)18-11/h9,12H,3-7H2,1-2H3,(H,13,15,17). The molecule has 1 aliphatic heterocycles. The molecule has 0 radical (unpaired) electrons. The molecule has 7 nitrogen and oxygen atoms in total. The number of carbonyl (C=O) groups excluding carboxylic acids is 1. The highest BCUT2D eigenvalue weighted by Gasteiger charge is 2.23. The van der Waals surface area contributed by atoms with Gasteiger partial charge in [0.25, 0.3) is 0 Å². The van der Waals surface area contributed by atoms with Crippen molar-refractivity contribution < 1.29 is 9.21 Å². The maximum atomic E-state index is 11.8. The zero-order valence-electron chi connectivity index (χ0n) is 10.8. The second-order valence-electron chi connectivity index (χ2n) is 4.38. The summed E-state index contributed by atoms with van der Waals surface area (Å²) in [5.74, 6) is 0.324. The average molecular weight is 253 g/mol. The van der Waals surface area contributed by atoms with Crippen LogP contribution in [-0.2, 0) is 4.79 Å². The van der Waals surface area contributed by atoms with Crippen LogP contribution in [0.1, 0.15) is 19.2 Å². The molecule has 0 bridgehead atoms. The summed E-state index contributed by atoms with van der Waals surface area (Å²) in [6, 6.07) is 0.600. The Balaban J connectivity index is 1.85. The summed E-state index contributed by atoms with van der Waals surface area (Å²) in [6.45, 7) is 6.91. The summed E-state index contributed by atoms with van der Waals surface area (Å²) < 4.78 is 5.11. The normalized spacial score (nSPS) is 19.4. The molecule has 0 aromatic carbocycles. The summed E-state index contributed by atoms with van der Waals surface area (Å²) in [5, 5.41) is 13.3. The van der Waals surface area contributed by atoms with E-state index in [0.717, 1.165) is 26.1 Å². The summed E-state index contributed by atoms with van der Waals surface area (Å²) in [4.78, 5) is 14.0. The molecular formula is C11H19N5O2. The van der Waals surface area contributed by atoms with Crippen LogP contribution in [0.15, 0.2) is 4.42 Å². The molecule has 1 aliphatic rings. The Morgan fingerprint density at radius 1 is 1.61 bits per heavy atom. The number of amides is 1. The lowest BCUT2D eigenvalue weighted by Gasteiger charge is -2.25. The highest BCUT2D eigenvalue weighted by Crippen LogP contribution is 2.09. The van der Waals surface area contributed by atoms with E-state index in [1.807, 2.05) is 0 Å². The Morgan fingerprint density at radius 2 is 2.44 bits per heavy atom. The first kappa shape index (κ1) is 13.0. The van der Waals surface area contributed by atoms with Crippen molar-refractivity contribution in [2.45, 2.75) is 26.3 Å². The Hall–Kier alpha value is -1.47. The third-order valence-electron chi connectivity index (χ3n) is 3.08. The fourth-order valence-corrected chi connectivity index (χ4v) is 2.14. The third kappa shape index (κ3) is 3.27. The van der Waals surface area contributed by atoms with Crippen LogP contribution in [0.5, 0.6) is 0 Å². The second kappa shape index (κ2) is 5.92. The van der Waals surface area contributed by atoms with Gasteiger partial charge in [0.05, 0.1) is 6.54 Å². The topological polar surface area (TPSA) is 83.3 Å².